The molecule has 0 fully saturated rings. The first-order chi connectivity index (χ1) is 8.16. The summed E-state index contributed by atoms with van der Waals surface area (Å²) in [6.45, 7) is 0. The van der Waals surface area contributed by atoms with Gasteiger partial charge in [-0.2, -0.15) is 0 Å². The Kier molecular flexibility index (Phi) is 4.04. The fraction of sp³-hybridized carbons (Fsp3) is 0.0909. The van der Waals surface area contributed by atoms with E-state index in [1.54, 1.807) is 17.1 Å². The molecular formula is C11H8ClNO2S2. The zero-order valence-electron chi connectivity index (χ0n) is 8.59. The number of hydrogen-bond donors (Lipinski definition) is 1. The molecule has 0 bridgehead atoms. The fourth-order valence-electron chi connectivity index (χ4n) is 1.18. The van der Waals surface area contributed by atoms with Gasteiger partial charge in [0.05, 0.1) is 10.7 Å². The van der Waals surface area contributed by atoms with Crippen molar-refractivity contribution in [3.63, 3.8) is 0 Å². The Hall–Kier alpha value is -1.04. The molecule has 0 aliphatic heterocycles. The maximum absolute atomic E-state index is 10.7. The quantitative estimate of drug-likeness (QED) is 0.869. The highest BCUT2D eigenvalue weighted by atomic mass is 35.5. The summed E-state index contributed by atoms with van der Waals surface area (Å²) in [4.78, 5) is 15.6. The van der Waals surface area contributed by atoms with Gasteiger partial charge in [0.15, 0.2) is 0 Å². The molecule has 0 radical (unpaired) electrons. The molecule has 6 heteroatoms. The van der Waals surface area contributed by atoms with Gasteiger partial charge in [0, 0.05) is 16.0 Å². The monoisotopic (exact) mass is 285 g/mol. The number of carboxylic acid groups (broad SMARTS) is 1. The van der Waals surface area contributed by atoms with Gasteiger partial charge in [-0.1, -0.05) is 23.7 Å². The van der Waals surface area contributed by atoms with E-state index < -0.39 is 5.97 Å². The Morgan fingerprint density at radius 1 is 1.47 bits per heavy atom. The van der Waals surface area contributed by atoms with E-state index in [4.69, 9.17) is 16.7 Å². The predicted octanol–water partition coefficient (Wildman–Crippen LogP) is 3.79. The minimum Gasteiger partial charge on any atom is -0.476 e. The standard InChI is InChI=1S/C11H8ClNO2S2/c12-8-3-1-2-4-9(8)16-5-7-6-17-10(13-7)11(14)15/h1-4,6H,5H2,(H,14,15). The molecule has 0 aliphatic carbocycles. The molecule has 0 atom stereocenters. The van der Waals surface area contributed by atoms with Crippen LogP contribution < -0.4 is 0 Å². The van der Waals surface area contributed by atoms with Crippen LogP contribution in [-0.2, 0) is 5.75 Å². The van der Waals surface area contributed by atoms with E-state index in [0.29, 0.717) is 10.8 Å². The zero-order chi connectivity index (χ0) is 12.3. The summed E-state index contributed by atoms with van der Waals surface area (Å²) in [5.74, 6) is -0.364. The molecule has 1 aromatic carbocycles. The molecule has 88 valence electrons. The summed E-state index contributed by atoms with van der Waals surface area (Å²) in [5, 5.41) is 11.3. The molecule has 0 aliphatic rings. The first-order valence-corrected chi connectivity index (χ1v) is 6.96. The van der Waals surface area contributed by atoms with Crippen molar-refractivity contribution in [1.29, 1.82) is 0 Å². The molecule has 2 rings (SSSR count). The van der Waals surface area contributed by atoms with Crippen LogP contribution in [0, 0.1) is 0 Å². The third kappa shape index (κ3) is 3.21. The van der Waals surface area contributed by atoms with Crippen molar-refractivity contribution in [2.24, 2.45) is 0 Å². The van der Waals surface area contributed by atoms with Gasteiger partial charge in [-0.15, -0.1) is 23.1 Å². The van der Waals surface area contributed by atoms with Crippen LogP contribution in [0.2, 0.25) is 5.02 Å². The van der Waals surface area contributed by atoms with Gasteiger partial charge in [-0.25, -0.2) is 9.78 Å². The van der Waals surface area contributed by atoms with Crippen LogP contribution in [0.25, 0.3) is 0 Å². The molecule has 1 N–H and O–H groups in total. The largest absolute Gasteiger partial charge is 0.476 e. The van der Waals surface area contributed by atoms with Gasteiger partial charge in [0.2, 0.25) is 5.01 Å². The lowest BCUT2D eigenvalue weighted by Crippen LogP contribution is -1.94. The highest BCUT2D eigenvalue weighted by Gasteiger charge is 2.09. The summed E-state index contributed by atoms with van der Waals surface area (Å²) in [5.41, 5.74) is 0.761. The first kappa shape index (κ1) is 12.4. The number of carbonyl (C=O) groups is 1. The molecule has 17 heavy (non-hydrogen) atoms. The Morgan fingerprint density at radius 2 is 2.24 bits per heavy atom. The lowest BCUT2D eigenvalue weighted by molar-refractivity contribution is 0.0696. The summed E-state index contributed by atoms with van der Waals surface area (Å²) in [6.07, 6.45) is 0. The van der Waals surface area contributed by atoms with Crippen molar-refractivity contribution in [2.75, 3.05) is 0 Å². The molecule has 0 spiro atoms. The molecule has 0 unspecified atom stereocenters. The summed E-state index contributed by atoms with van der Waals surface area (Å²) < 4.78 is 0. The summed E-state index contributed by atoms with van der Waals surface area (Å²) in [7, 11) is 0. The topological polar surface area (TPSA) is 50.2 Å². The highest BCUT2D eigenvalue weighted by Crippen LogP contribution is 2.29. The van der Waals surface area contributed by atoms with Gasteiger partial charge < -0.3 is 5.11 Å². The van der Waals surface area contributed by atoms with E-state index in [1.165, 1.54) is 0 Å². The van der Waals surface area contributed by atoms with Gasteiger partial charge in [-0.05, 0) is 12.1 Å². The van der Waals surface area contributed by atoms with Crippen LogP contribution in [0.3, 0.4) is 0 Å². The third-order valence-electron chi connectivity index (χ3n) is 1.95. The highest BCUT2D eigenvalue weighted by molar-refractivity contribution is 7.98. The van der Waals surface area contributed by atoms with Crippen molar-refractivity contribution >= 4 is 40.7 Å². The second-order valence-electron chi connectivity index (χ2n) is 3.17. The lowest BCUT2D eigenvalue weighted by atomic mass is 10.4. The number of aromatic carboxylic acids is 1. The number of hydrogen-bond acceptors (Lipinski definition) is 4. The number of rotatable bonds is 4. The molecule has 3 nitrogen and oxygen atoms in total. The van der Waals surface area contributed by atoms with Gasteiger partial charge in [0.1, 0.15) is 0 Å². The molecule has 1 heterocycles. The second kappa shape index (κ2) is 5.53. The lowest BCUT2D eigenvalue weighted by Gasteiger charge is -2.01. The van der Waals surface area contributed by atoms with E-state index in [2.05, 4.69) is 4.98 Å². The van der Waals surface area contributed by atoms with Crippen LogP contribution in [0.15, 0.2) is 34.5 Å². The molecule has 0 amide bonds. The van der Waals surface area contributed by atoms with Crippen molar-refractivity contribution in [2.45, 2.75) is 10.6 Å². The number of carboxylic acids is 1. The Morgan fingerprint density at radius 3 is 2.88 bits per heavy atom. The van der Waals surface area contributed by atoms with E-state index in [-0.39, 0.29) is 5.01 Å². The molecular weight excluding hydrogens is 278 g/mol. The van der Waals surface area contributed by atoms with E-state index in [1.807, 2.05) is 24.3 Å². The molecule has 0 saturated carbocycles. The number of thioether (sulfide) groups is 1. The smallest absolute Gasteiger partial charge is 0.365 e. The third-order valence-corrected chi connectivity index (χ3v) is 4.37. The van der Waals surface area contributed by atoms with Crippen molar-refractivity contribution < 1.29 is 9.90 Å². The van der Waals surface area contributed by atoms with Crippen LogP contribution in [0.1, 0.15) is 15.5 Å². The Labute approximate surface area is 111 Å². The number of thiazole rings is 1. The van der Waals surface area contributed by atoms with Gasteiger partial charge in [-0.3, -0.25) is 0 Å². The average molecular weight is 286 g/mol. The maximum atomic E-state index is 10.7. The van der Waals surface area contributed by atoms with E-state index in [0.717, 1.165) is 21.9 Å². The maximum Gasteiger partial charge on any atom is 0.365 e. The number of benzene rings is 1. The van der Waals surface area contributed by atoms with Crippen LogP contribution in [-0.4, -0.2) is 16.1 Å². The fourth-order valence-corrected chi connectivity index (χ4v) is 3.08. The number of aromatic nitrogens is 1. The molecule has 0 saturated heterocycles. The van der Waals surface area contributed by atoms with Crippen molar-refractivity contribution in [1.82, 2.24) is 4.98 Å². The summed E-state index contributed by atoms with van der Waals surface area (Å²) >= 11 is 8.70. The average Bonchev–Trinajstić information content (AvgIpc) is 2.77. The van der Waals surface area contributed by atoms with E-state index >= 15 is 0 Å². The Balaban J connectivity index is 2.02. The second-order valence-corrected chi connectivity index (χ2v) is 5.45. The number of halogens is 1. The van der Waals surface area contributed by atoms with Crippen molar-refractivity contribution in [3.05, 3.63) is 45.4 Å². The number of nitrogens with zero attached hydrogens (tertiary/aromatic N) is 1. The van der Waals surface area contributed by atoms with Gasteiger partial charge in [0.25, 0.3) is 0 Å². The summed E-state index contributed by atoms with van der Waals surface area (Å²) in [6, 6.07) is 7.54. The van der Waals surface area contributed by atoms with Crippen LogP contribution in [0.4, 0.5) is 0 Å². The minimum atomic E-state index is -0.982. The predicted molar refractivity (Wildman–Crippen MR) is 70.1 cm³/mol. The van der Waals surface area contributed by atoms with E-state index in [9.17, 15) is 4.79 Å². The SMILES string of the molecule is O=C(O)c1nc(CSc2ccccc2Cl)cs1. The van der Waals surface area contributed by atoms with Crippen LogP contribution >= 0.6 is 34.7 Å². The zero-order valence-corrected chi connectivity index (χ0v) is 11.0. The van der Waals surface area contributed by atoms with Gasteiger partial charge >= 0.3 is 5.97 Å². The minimum absolute atomic E-state index is 0.125. The first-order valence-electron chi connectivity index (χ1n) is 4.72. The molecule has 1 aromatic heterocycles. The Bertz CT molecular complexity index is 542. The molecule has 2 aromatic rings. The van der Waals surface area contributed by atoms with Crippen LogP contribution in [0.5, 0.6) is 0 Å². The van der Waals surface area contributed by atoms with Crippen molar-refractivity contribution in [3.8, 4) is 0 Å². The normalized spacial score (nSPS) is 10.4.